The van der Waals surface area contributed by atoms with Gasteiger partial charge in [-0.25, -0.2) is 0 Å². The van der Waals surface area contributed by atoms with Crippen molar-refractivity contribution in [3.63, 3.8) is 0 Å². The summed E-state index contributed by atoms with van der Waals surface area (Å²) in [6, 6.07) is 9.68. The molecular formula is C61H110O12Si3. The molecule has 15 heteroatoms. The fraction of sp³-hybridized carbons (Fsp3) is 0.869. The average Bonchev–Trinajstić information content (AvgIpc) is 4.22. The summed E-state index contributed by atoms with van der Waals surface area (Å²) in [5.74, 6) is 0.258. The van der Waals surface area contributed by atoms with Gasteiger partial charge in [-0.3, -0.25) is 0 Å². The lowest BCUT2D eigenvalue weighted by molar-refractivity contribution is -0.229. The summed E-state index contributed by atoms with van der Waals surface area (Å²) in [6.07, 6.45) is 10.7. The summed E-state index contributed by atoms with van der Waals surface area (Å²) in [4.78, 5) is 0. The first-order chi connectivity index (χ1) is 36.6. The fourth-order valence-electron chi connectivity index (χ4n) is 14.1. The lowest BCUT2D eigenvalue weighted by Gasteiger charge is -2.47. The van der Waals surface area contributed by atoms with Gasteiger partial charge in [0.05, 0.1) is 73.8 Å². The Kier molecular flexibility index (Phi) is 25.8. The van der Waals surface area contributed by atoms with Gasteiger partial charge in [0, 0.05) is 39.1 Å². The molecule has 76 heavy (non-hydrogen) atoms. The van der Waals surface area contributed by atoms with Crippen molar-refractivity contribution in [1.82, 2.24) is 0 Å². The molecule has 6 rings (SSSR count). The van der Waals surface area contributed by atoms with Crippen molar-refractivity contribution in [1.29, 1.82) is 0 Å². The van der Waals surface area contributed by atoms with E-state index >= 15 is 0 Å². The van der Waals surface area contributed by atoms with Gasteiger partial charge in [0.15, 0.2) is 25.0 Å². The molecule has 0 aromatic carbocycles. The van der Waals surface area contributed by atoms with Crippen LogP contribution in [0.25, 0.3) is 0 Å². The topological polar surface area (TPSA) is 122 Å². The molecule has 6 aliphatic rings. The van der Waals surface area contributed by atoms with Gasteiger partial charge >= 0.3 is 0 Å². The summed E-state index contributed by atoms with van der Waals surface area (Å²) in [5, 5.41) is 11.3. The van der Waals surface area contributed by atoms with Crippen LogP contribution in [0.5, 0.6) is 0 Å². The number of fused-ring (bicyclic) bond motifs is 3. The Balaban J connectivity index is 1.07. The molecule has 0 saturated carbocycles. The third-order valence-corrected chi connectivity index (χ3v) is 33.8. The normalized spacial score (nSPS) is 34.9. The Hall–Kier alpha value is -0.869. The van der Waals surface area contributed by atoms with Crippen LogP contribution < -0.4 is 0 Å². The van der Waals surface area contributed by atoms with Crippen molar-refractivity contribution >= 4 is 25.0 Å². The number of rotatable bonds is 35. The van der Waals surface area contributed by atoms with Gasteiger partial charge in [-0.05, 0) is 136 Å². The lowest BCUT2D eigenvalue weighted by atomic mass is 9.81. The Labute approximate surface area is 465 Å². The van der Waals surface area contributed by atoms with Gasteiger partial charge in [-0.1, -0.05) is 94.5 Å². The molecular weight excluding hydrogens is 1010 g/mol. The number of aliphatic hydroxyl groups is 1. The zero-order valence-electron chi connectivity index (χ0n) is 49.8. The maximum Gasteiger partial charge on any atom is 0.192 e. The molecule has 0 amide bonds. The quantitative estimate of drug-likeness (QED) is 0.0369. The molecule has 438 valence electrons. The minimum absolute atomic E-state index is 0.00501. The van der Waals surface area contributed by atoms with Crippen LogP contribution in [0.15, 0.2) is 49.6 Å². The minimum atomic E-state index is -2.01. The number of hydrogen-bond donors (Lipinski definition) is 1. The van der Waals surface area contributed by atoms with E-state index < -0.39 is 31.1 Å². The molecule has 6 saturated heterocycles. The van der Waals surface area contributed by atoms with Crippen LogP contribution in [0.1, 0.15) is 146 Å². The highest BCUT2D eigenvalue weighted by atomic mass is 28.4. The van der Waals surface area contributed by atoms with Crippen LogP contribution in [-0.2, 0) is 51.2 Å². The zero-order chi connectivity index (χ0) is 55.2. The zero-order valence-corrected chi connectivity index (χ0v) is 52.8. The SMILES string of the molecule is C=CCC(O)C[C@H]1[C@H](C[C@H]2O[C@@H](CCC3O[C@@H](CCCO[C@H]4C(O[Si](CC)(CC)CC)C(CC=C)O[C@H]5[C@H]6OCC[C@H]6O[C@H]54)CC3=C)C[C@@H](C)C2=C)OC(CC(CO[Si](CC)(CC)CC)O[Si](CC)(CC)CC)[C@@H]1OC. The molecule has 18 atom stereocenters. The van der Waals surface area contributed by atoms with Crippen LogP contribution in [-0.4, -0.2) is 155 Å². The third kappa shape index (κ3) is 15.6. The molecule has 6 unspecified atom stereocenters. The van der Waals surface area contributed by atoms with E-state index in [-0.39, 0.29) is 97.5 Å². The maximum atomic E-state index is 11.3. The summed E-state index contributed by atoms with van der Waals surface area (Å²) in [6.45, 7) is 42.0. The maximum absolute atomic E-state index is 11.3. The van der Waals surface area contributed by atoms with Gasteiger partial charge in [0.2, 0.25) is 0 Å². The Morgan fingerprint density at radius 1 is 0.684 bits per heavy atom. The van der Waals surface area contributed by atoms with Crippen molar-refractivity contribution in [2.75, 3.05) is 26.9 Å². The monoisotopic (exact) mass is 1120 g/mol. The first-order valence-electron chi connectivity index (χ1n) is 30.9. The molecule has 0 aromatic rings. The van der Waals surface area contributed by atoms with Crippen molar-refractivity contribution in [3.05, 3.63) is 49.6 Å². The largest absolute Gasteiger partial charge is 0.414 e. The molecule has 6 heterocycles. The van der Waals surface area contributed by atoms with E-state index in [1.165, 1.54) is 5.57 Å². The van der Waals surface area contributed by atoms with E-state index in [1.807, 2.05) is 6.08 Å². The van der Waals surface area contributed by atoms with Crippen molar-refractivity contribution in [2.24, 2.45) is 11.8 Å². The second kappa shape index (κ2) is 30.4. The van der Waals surface area contributed by atoms with Gasteiger partial charge in [0.25, 0.3) is 0 Å². The van der Waals surface area contributed by atoms with E-state index in [0.29, 0.717) is 57.8 Å². The van der Waals surface area contributed by atoms with E-state index in [2.05, 4.69) is 95.6 Å². The number of ether oxygens (including phenoxy) is 8. The standard InChI is InChI=1S/C61H110O12Si3/c1-16-28-45(62)38-49-54(69-55(56(49)63-15)39-48(72-75(21-6,22-7)23-8)41-66-74(18-3,19-4)20-5)40-53-44(14)42(12)36-47(68-53)31-32-50-43(13)37-46(67-50)30-27-34-64-59-58(73-76(24-9,25-10)26-11)51(29-17-2)70-60-57-52(33-35-65-57)71-61(59)60/h16-17,42,45-62H,1-2,13-14,18-41H2,3-12,15H3/t42-,45?,46+,47+,48?,49+,50?,51?,52-,53-,54+,55?,56-,57+,58?,59+,60+,61+/m1/s1. The molecule has 12 nitrogen and oxygen atoms in total. The highest BCUT2D eigenvalue weighted by Gasteiger charge is 2.59. The fourth-order valence-corrected chi connectivity index (χ4v) is 22.5. The first kappa shape index (κ1) is 64.3. The van der Waals surface area contributed by atoms with Crippen LogP contribution in [0.4, 0.5) is 0 Å². The Morgan fingerprint density at radius 2 is 1.36 bits per heavy atom. The van der Waals surface area contributed by atoms with Crippen molar-refractivity contribution < 1.29 is 56.3 Å². The van der Waals surface area contributed by atoms with Gasteiger partial charge < -0.3 is 56.3 Å². The van der Waals surface area contributed by atoms with E-state index in [9.17, 15) is 5.11 Å². The molecule has 0 aliphatic carbocycles. The van der Waals surface area contributed by atoms with E-state index in [4.69, 9.17) is 51.2 Å². The highest BCUT2D eigenvalue weighted by molar-refractivity contribution is 6.74. The average molecular weight is 1120 g/mol. The number of aliphatic hydroxyl groups excluding tert-OH is 1. The van der Waals surface area contributed by atoms with Gasteiger partial charge in [-0.2, -0.15) is 0 Å². The molecule has 0 spiro atoms. The summed E-state index contributed by atoms with van der Waals surface area (Å²) in [7, 11) is -4.06. The first-order valence-corrected chi connectivity index (χ1v) is 38.5. The molecule has 0 radical (unpaired) electrons. The van der Waals surface area contributed by atoms with E-state index in [1.54, 1.807) is 13.2 Å². The van der Waals surface area contributed by atoms with Crippen LogP contribution in [0.2, 0.25) is 54.4 Å². The number of methoxy groups -OCH3 is 1. The van der Waals surface area contributed by atoms with Crippen LogP contribution in [0, 0.1) is 11.8 Å². The summed E-state index contributed by atoms with van der Waals surface area (Å²) >= 11 is 0. The van der Waals surface area contributed by atoms with E-state index in [0.717, 1.165) is 105 Å². The van der Waals surface area contributed by atoms with Crippen molar-refractivity contribution in [2.45, 2.75) is 298 Å². The lowest BCUT2D eigenvalue weighted by Crippen LogP contribution is -2.62. The van der Waals surface area contributed by atoms with Crippen LogP contribution >= 0.6 is 0 Å². The highest BCUT2D eigenvalue weighted by Crippen LogP contribution is 2.45. The molecule has 0 bridgehead atoms. The second-order valence-corrected chi connectivity index (χ2v) is 38.1. The minimum Gasteiger partial charge on any atom is -0.414 e. The van der Waals surface area contributed by atoms with Crippen LogP contribution in [0.3, 0.4) is 0 Å². The Bertz CT molecular complexity index is 1750. The number of hydrogen-bond acceptors (Lipinski definition) is 12. The van der Waals surface area contributed by atoms with Gasteiger partial charge in [0.1, 0.15) is 30.5 Å². The Morgan fingerprint density at radius 3 is 1.99 bits per heavy atom. The summed E-state index contributed by atoms with van der Waals surface area (Å²) < 4.78 is 75.7. The summed E-state index contributed by atoms with van der Waals surface area (Å²) in [5.41, 5.74) is 2.29. The van der Waals surface area contributed by atoms with Crippen molar-refractivity contribution in [3.8, 4) is 0 Å². The predicted octanol–water partition coefficient (Wildman–Crippen LogP) is 13.2. The van der Waals surface area contributed by atoms with Gasteiger partial charge in [-0.15, -0.1) is 13.2 Å². The molecule has 6 fully saturated rings. The molecule has 1 N–H and O–H groups in total. The predicted molar refractivity (Wildman–Crippen MR) is 314 cm³/mol. The second-order valence-electron chi connectivity index (χ2n) is 23.9. The molecule has 0 aromatic heterocycles. The third-order valence-electron chi connectivity index (χ3n) is 19.8. The smallest absolute Gasteiger partial charge is 0.192 e. The molecule has 6 aliphatic heterocycles.